The topological polar surface area (TPSA) is 3.24 Å². The molecule has 0 atom stereocenters. The Morgan fingerprint density at radius 3 is 2.17 bits per heavy atom. The van der Waals surface area contributed by atoms with Gasteiger partial charge in [-0.15, -0.1) is 11.3 Å². The van der Waals surface area contributed by atoms with Crippen LogP contribution in [0, 0.1) is 0 Å². The summed E-state index contributed by atoms with van der Waals surface area (Å²) in [7, 11) is 2.13. The zero-order valence-corrected chi connectivity index (χ0v) is 17.1. The second kappa shape index (κ2) is 7.61. The molecule has 0 bridgehead atoms. The van der Waals surface area contributed by atoms with Crippen LogP contribution in [0.25, 0.3) is 21.2 Å². The van der Waals surface area contributed by atoms with Crippen LogP contribution in [-0.4, -0.2) is 7.85 Å². The molecule has 138 valence electrons. The molecule has 0 radical (unpaired) electrons. The molecular weight excluding hydrogens is 369 g/mol. The van der Waals surface area contributed by atoms with Crippen molar-refractivity contribution in [1.82, 2.24) is 0 Å². The van der Waals surface area contributed by atoms with Crippen LogP contribution < -0.4 is 10.4 Å². The Balaban J connectivity index is 1.69. The van der Waals surface area contributed by atoms with Gasteiger partial charge < -0.3 is 4.90 Å². The summed E-state index contributed by atoms with van der Waals surface area (Å²) in [6.07, 6.45) is 0. The maximum atomic E-state index is 2.37. The quantitative estimate of drug-likeness (QED) is 0.326. The van der Waals surface area contributed by atoms with Crippen LogP contribution in [0.1, 0.15) is 0 Å². The molecular formula is C26H20BNS. The third-order valence-electron chi connectivity index (χ3n) is 5.17. The van der Waals surface area contributed by atoms with Gasteiger partial charge >= 0.3 is 0 Å². The Hall–Kier alpha value is -3.30. The third kappa shape index (κ3) is 3.46. The Bertz CT molecular complexity index is 1250. The Kier molecular flexibility index (Phi) is 4.67. The molecule has 0 N–H and O–H groups in total. The second-order valence-electron chi connectivity index (χ2n) is 7.17. The van der Waals surface area contributed by atoms with Crippen molar-refractivity contribution < 1.29 is 0 Å². The number of hydrogen-bond donors (Lipinski definition) is 0. The van der Waals surface area contributed by atoms with Gasteiger partial charge in [-0.3, -0.25) is 0 Å². The van der Waals surface area contributed by atoms with E-state index in [-0.39, 0.29) is 0 Å². The summed E-state index contributed by atoms with van der Waals surface area (Å²) in [4.78, 5) is 3.65. The van der Waals surface area contributed by atoms with E-state index in [1.54, 1.807) is 0 Å². The first-order chi connectivity index (χ1) is 14.3. The first kappa shape index (κ1) is 17.8. The first-order valence-corrected chi connectivity index (χ1v) is 10.6. The molecule has 0 aliphatic carbocycles. The lowest BCUT2D eigenvalue weighted by atomic mass is 9.96. The summed E-state index contributed by atoms with van der Waals surface area (Å²) < 4.78 is 0. The van der Waals surface area contributed by atoms with Crippen LogP contribution in [0.15, 0.2) is 109 Å². The zero-order chi connectivity index (χ0) is 19.6. The van der Waals surface area contributed by atoms with Crippen molar-refractivity contribution in [2.24, 2.45) is 0 Å². The van der Waals surface area contributed by atoms with Crippen molar-refractivity contribution in [2.75, 3.05) is 4.90 Å². The zero-order valence-electron chi connectivity index (χ0n) is 16.2. The molecule has 5 aromatic rings. The van der Waals surface area contributed by atoms with Gasteiger partial charge in [0, 0.05) is 16.0 Å². The molecule has 0 saturated carbocycles. The minimum Gasteiger partial charge on any atom is -0.301 e. The Morgan fingerprint density at radius 1 is 0.621 bits per heavy atom. The molecule has 0 spiro atoms. The fourth-order valence-corrected chi connectivity index (χ4v) is 4.73. The monoisotopic (exact) mass is 389 g/mol. The summed E-state index contributed by atoms with van der Waals surface area (Å²) in [6.45, 7) is 0. The standard InChI is InChI=1S/C26H20BNS/c27-21-13-15-22(16-14-21)28(24-12-6-10-19-7-4-5-11-23(19)24)26-18-17-25(29-26)20-8-2-1-3-9-20/h1-18H,27H2. The Labute approximate surface area is 176 Å². The highest BCUT2D eigenvalue weighted by Gasteiger charge is 2.17. The predicted octanol–water partition coefficient (Wildman–Crippen LogP) is 6.30. The largest absolute Gasteiger partial charge is 0.301 e. The smallest absolute Gasteiger partial charge is 0.139 e. The molecule has 5 rings (SSSR count). The van der Waals surface area contributed by atoms with E-state index in [1.165, 1.54) is 43.1 Å². The van der Waals surface area contributed by atoms with Gasteiger partial charge in [-0.25, -0.2) is 0 Å². The van der Waals surface area contributed by atoms with Gasteiger partial charge in [-0.1, -0.05) is 84.3 Å². The van der Waals surface area contributed by atoms with Gasteiger partial charge in [-0.05, 0) is 41.3 Å². The highest BCUT2D eigenvalue weighted by atomic mass is 32.1. The van der Waals surface area contributed by atoms with Gasteiger partial charge in [0.15, 0.2) is 0 Å². The molecule has 3 heteroatoms. The normalized spacial score (nSPS) is 10.9. The summed E-state index contributed by atoms with van der Waals surface area (Å²) in [5.74, 6) is 0. The number of thiophene rings is 1. The number of anilines is 3. The molecule has 4 aromatic carbocycles. The van der Waals surface area contributed by atoms with E-state index in [9.17, 15) is 0 Å². The van der Waals surface area contributed by atoms with E-state index in [0.717, 1.165) is 0 Å². The molecule has 0 saturated heterocycles. The van der Waals surface area contributed by atoms with Crippen LogP contribution >= 0.6 is 11.3 Å². The highest BCUT2D eigenvalue weighted by molar-refractivity contribution is 7.19. The lowest BCUT2D eigenvalue weighted by molar-refractivity contribution is 1.34. The number of benzene rings is 4. The lowest BCUT2D eigenvalue weighted by Gasteiger charge is -2.25. The average Bonchev–Trinajstić information content (AvgIpc) is 3.26. The van der Waals surface area contributed by atoms with E-state index in [2.05, 4.69) is 122 Å². The average molecular weight is 389 g/mol. The third-order valence-corrected chi connectivity index (χ3v) is 6.29. The van der Waals surface area contributed by atoms with Crippen LogP contribution in [0.5, 0.6) is 0 Å². The summed E-state index contributed by atoms with van der Waals surface area (Å²) >= 11 is 1.82. The summed E-state index contributed by atoms with van der Waals surface area (Å²) in [5.41, 5.74) is 4.90. The number of hydrogen-bond acceptors (Lipinski definition) is 2. The van der Waals surface area contributed by atoms with Crippen LogP contribution in [0.3, 0.4) is 0 Å². The maximum Gasteiger partial charge on any atom is 0.139 e. The van der Waals surface area contributed by atoms with Gasteiger partial charge in [0.1, 0.15) is 12.8 Å². The van der Waals surface area contributed by atoms with E-state index >= 15 is 0 Å². The molecule has 1 aromatic heterocycles. The number of fused-ring (bicyclic) bond motifs is 1. The molecule has 1 nitrogen and oxygen atoms in total. The first-order valence-electron chi connectivity index (χ1n) is 9.79. The minimum absolute atomic E-state index is 1.17. The molecule has 0 unspecified atom stereocenters. The van der Waals surface area contributed by atoms with Crippen molar-refractivity contribution in [3.05, 3.63) is 109 Å². The van der Waals surface area contributed by atoms with Crippen molar-refractivity contribution >= 4 is 51.8 Å². The van der Waals surface area contributed by atoms with E-state index in [0.29, 0.717) is 0 Å². The van der Waals surface area contributed by atoms with Gasteiger partial charge in [0.2, 0.25) is 0 Å². The van der Waals surface area contributed by atoms with E-state index < -0.39 is 0 Å². The summed E-state index contributed by atoms with van der Waals surface area (Å²) in [6, 6.07) is 38.9. The van der Waals surface area contributed by atoms with Gasteiger partial charge in [0.25, 0.3) is 0 Å². The fourth-order valence-electron chi connectivity index (χ4n) is 3.69. The fraction of sp³-hybridized carbons (Fsp3) is 0. The maximum absolute atomic E-state index is 2.37. The number of nitrogens with zero attached hydrogens (tertiary/aromatic N) is 1. The van der Waals surface area contributed by atoms with Gasteiger partial charge in [0.05, 0.1) is 5.69 Å². The van der Waals surface area contributed by atoms with Gasteiger partial charge in [-0.2, -0.15) is 0 Å². The predicted molar refractivity (Wildman–Crippen MR) is 130 cm³/mol. The Morgan fingerprint density at radius 2 is 1.34 bits per heavy atom. The van der Waals surface area contributed by atoms with E-state index in [1.807, 2.05) is 11.3 Å². The number of rotatable bonds is 4. The lowest BCUT2D eigenvalue weighted by Crippen LogP contribution is -2.10. The van der Waals surface area contributed by atoms with Crippen molar-refractivity contribution in [3.8, 4) is 10.4 Å². The van der Waals surface area contributed by atoms with Crippen molar-refractivity contribution in [2.45, 2.75) is 0 Å². The van der Waals surface area contributed by atoms with Crippen molar-refractivity contribution in [1.29, 1.82) is 0 Å². The molecule has 29 heavy (non-hydrogen) atoms. The highest BCUT2D eigenvalue weighted by Crippen LogP contribution is 2.43. The van der Waals surface area contributed by atoms with Crippen LogP contribution in [0.2, 0.25) is 0 Å². The molecule has 1 heterocycles. The molecule has 0 aliphatic heterocycles. The second-order valence-corrected chi connectivity index (χ2v) is 8.24. The molecule has 0 fully saturated rings. The SMILES string of the molecule is Bc1ccc(N(c2ccc(-c3ccccc3)s2)c2cccc3ccccc23)cc1. The van der Waals surface area contributed by atoms with Crippen molar-refractivity contribution in [3.63, 3.8) is 0 Å². The molecule has 0 aliphatic rings. The van der Waals surface area contributed by atoms with Crippen LogP contribution in [0.4, 0.5) is 16.4 Å². The molecule has 0 amide bonds. The minimum atomic E-state index is 1.17. The van der Waals surface area contributed by atoms with Crippen LogP contribution in [-0.2, 0) is 0 Å². The summed E-state index contributed by atoms with van der Waals surface area (Å²) in [5, 5.41) is 3.72. The van der Waals surface area contributed by atoms with E-state index in [4.69, 9.17) is 0 Å².